The molecule has 2 N–H and O–H groups in total. The summed E-state index contributed by atoms with van der Waals surface area (Å²) in [6.07, 6.45) is 7.08. The maximum absolute atomic E-state index is 11.2. The van der Waals surface area contributed by atoms with Crippen molar-refractivity contribution in [2.45, 2.75) is 50.4 Å². The van der Waals surface area contributed by atoms with Gasteiger partial charge in [-0.15, -0.1) is 11.3 Å². The summed E-state index contributed by atoms with van der Waals surface area (Å²) in [6.45, 7) is 3.67. The van der Waals surface area contributed by atoms with E-state index in [4.69, 9.17) is 9.40 Å². The van der Waals surface area contributed by atoms with Crippen LogP contribution in [0.4, 0.5) is 6.01 Å². The number of oxazole rings is 1. The second-order valence-electron chi connectivity index (χ2n) is 8.73. The number of anilines is 1. The highest BCUT2D eigenvalue weighted by molar-refractivity contribution is 7.13. The van der Waals surface area contributed by atoms with Gasteiger partial charge in [0.05, 0.1) is 5.56 Å². The fourth-order valence-electron chi connectivity index (χ4n) is 5.20. The number of piperidine rings is 1. The van der Waals surface area contributed by atoms with Crippen molar-refractivity contribution in [3.63, 3.8) is 0 Å². The number of aliphatic hydroxyl groups is 1. The van der Waals surface area contributed by atoms with E-state index >= 15 is 0 Å². The SMILES string of the molecule is OC(c1ccc(-c2nccs2)c2oc(N3CC4CCC(C3)N4)nc12)N1CCCCC1. The molecule has 3 aromatic rings. The molecule has 0 amide bonds. The van der Waals surface area contributed by atoms with E-state index in [0.717, 1.165) is 66.3 Å². The molecule has 2 bridgehead atoms. The molecule has 0 spiro atoms. The van der Waals surface area contributed by atoms with Crippen molar-refractivity contribution in [2.75, 3.05) is 31.1 Å². The maximum atomic E-state index is 11.2. The van der Waals surface area contributed by atoms with Gasteiger partial charge >= 0.3 is 0 Å². The zero-order valence-electron chi connectivity index (χ0n) is 17.0. The van der Waals surface area contributed by atoms with Crippen molar-refractivity contribution in [3.05, 3.63) is 29.3 Å². The molecule has 1 aromatic carbocycles. The van der Waals surface area contributed by atoms with Gasteiger partial charge in [-0.25, -0.2) is 4.98 Å². The zero-order valence-corrected chi connectivity index (χ0v) is 17.8. The van der Waals surface area contributed by atoms with Crippen molar-refractivity contribution in [3.8, 4) is 10.6 Å². The molecule has 0 aliphatic carbocycles. The Morgan fingerprint density at radius 3 is 2.67 bits per heavy atom. The molecule has 3 aliphatic heterocycles. The molecule has 3 fully saturated rings. The Kier molecular flexibility index (Phi) is 4.75. The first kappa shape index (κ1) is 18.7. The van der Waals surface area contributed by atoms with Crippen LogP contribution in [0.15, 0.2) is 28.1 Å². The molecule has 6 rings (SSSR count). The van der Waals surface area contributed by atoms with E-state index < -0.39 is 6.23 Å². The number of aliphatic hydroxyl groups excluding tert-OH is 1. The van der Waals surface area contributed by atoms with Crippen LogP contribution in [-0.4, -0.2) is 58.2 Å². The molecule has 0 saturated carbocycles. The van der Waals surface area contributed by atoms with Crippen LogP contribution in [0.2, 0.25) is 0 Å². The number of hydrogen-bond acceptors (Lipinski definition) is 8. The molecule has 3 atom stereocenters. The number of thiazole rings is 1. The van der Waals surface area contributed by atoms with Crippen molar-refractivity contribution in [1.82, 2.24) is 20.2 Å². The highest BCUT2D eigenvalue weighted by Crippen LogP contribution is 2.38. The molecule has 0 radical (unpaired) electrons. The van der Waals surface area contributed by atoms with Gasteiger partial charge in [0.1, 0.15) is 16.8 Å². The maximum Gasteiger partial charge on any atom is 0.298 e. The van der Waals surface area contributed by atoms with E-state index in [0.29, 0.717) is 18.1 Å². The van der Waals surface area contributed by atoms with Gasteiger partial charge in [-0.2, -0.15) is 4.98 Å². The molecule has 3 aliphatic rings. The standard InChI is InChI=1S/C22H27N5O2S/c28-21(26-9-2-1-3-10-26)16-6-7-17(20-23-8-11-30-20)19-18(16)25-22(29-19)27-12-14-4-5-15(13-27)24-14/h6-8,11,14-15,21,24,28H,1-5,9-10,12-13H2. The lowest BCUT2D eigenvalue weighted by atomic mass is 10.0. The largest absolute Gasteiger partial charge is 0.423 e. The Morgan fingerprint density at radius 1 is 1.13 bits per heavy atom. The van der Waals surface area contributed by atoms with E-state index in [1.165, 1.54) is 19.3 Å². The number of benzene rings is 1. The van der Waals surface area contributed by atoms with Crippen LogP contribution in [0.5, 0.6) is 0 Å². The van der Waals surface area contributed by atoms with Crippen LogP contribution < -0.4 is 10.2 Å². The number of hydrogen-bond donors (Lipinski definition) is 2. The Labute approximate surface area is 179 Å². The Balaban J connectivity index is 1.43. The van der Waals surface area contributed by atoms with Gasteiger partial charge in [-0.3, -0.25) is 4.90 Å². The first-order valence-electron chi connectivity index (χ1n) is 11.0. The second kappa shape index (κ2) is 7.60. The van der Waals surface area contributed by atoms with Gasteiger partial charge in [0.25, 0.3) is 6.01 Å². The molecule has 7 nitrogen and oxygen atoms in total. The van der Waals surface area contributed by atoms with Gasteiger partial charge in [0.15, 0.2) is 5.58 Å². The molecule has 3 unspecified atom stereocenters. The van der Waals surface area contributed by atoms with Crippen LogP contribution in [0.1, 0.15) is 43.9 Å². The van der Waals surface area contributed by atoms with Gasteiger partial charge in [-0.1, -0.05) is 12.5 Å². The summed E-state index contributed by atoms with van der Waals surface area (Å²) in [5, 5.41) is 17.7. The zero-order chi connectivity index (χ0) is 20.1. The minimum absolute atomic E-state index is 0.510. The third kappa shape index (κ3) is 3.22. The predicted octanol–water partition coefficient (Wildman–Crippen LogP) is 3.37. The second-order valence-corrected chi connectivity index (χ2v) is 9.62. The summed E-state index contributed by atoms with van der Waals surface area (Å²) < 4.78 is 6.39. The van der Waals surface area contributed by atoms with Gasteiger partial charge in [0, 0.05) is 55.4 Å². The van der Waals surface area contributed by atoms with Crippen molar-refractivity contribution in [2.24, 2.45) is 0 Å². The summed E-state index contributed by atoms with van der Waals surface area (Å²) >= 11 is 1.59. The van der Waals surface area contributed by atoms with E-state index in [1.54, 1.807) is 11.3 Å². The number of aromatic nitrogens is 2. The fourth-order valence-corrected chi connectivity index (χ4v) is 5.86. The number of rotatable bonds is 4. The lowest BCUT2D eigenvalue weighted by molar-refractivity contribution is -0.00889. The molecule has 158 valence electrons. The number of piperazine rings is 1. The highest BCUT2D eigenvalue weighted by Gasteiger charge is 2.35. The lowest BCUT2D eigenvalue weighted by Gasteiger charge is -2.31. The summed E-state index contributed by atoms with van der Waals surface area (Å²) in [7, 11) is 0. The molecule has 5 heterocycles. The lowest BCUT2D eigenvalue weighted by Crippen LogP contribution is -2.51. The Morgan fingerprint density at radius 2 is 1.93 bits per heavy atom. The Bertz CT molecular complexity index is 1020. The molecule has 3 saturated heterocycles. The van der Waals surface area contributed by atoms with E-state index in [9.17, 15) is 5.11 Å². The first-order chi connectivity index (χ1) is 14.8. The first-order valence-corrected chi connectivity index (χ1v) is 11.9. The van der Waals surface area contributed by atoms with Crippen LogP contribution >= 0.6 is 11.3 Å². The van der Waals surface area contributed by atoms with E-state index in [2.05, 4.69) is 20.1 Å². The predicted molar refractivity (Wildman–Crippen MR) is 118 cm³/mol. The van der Waals surface area contributed by atoms with E-state index in [-0.39, 0.29) is 0 Å². The van der Waals surface area contributed by atoms with Crippen LogP contribution in [0.3, 0.4) is 0 Å². The summed E-state index contributed by atoms with van der Waals surface area (Å²) in [5.74, 6) is 0. The minimum atomic E-state index is -0.657. The molecular formula is C22H27N5O2S. The number of nitrogens with one attached hydrogen (secondary N) is 1. The average Bonchev–Trinajstić information content (AvgIpc) is 3.53. The van der Waals surface area contributed by atoms with E-state index in [1.807, 2.05) is 23.7 Å². The normalized spacial score (nSPS) is 25.8. The molecule has 8 heteroatoms. The topological polar surface area (TPSA) is 77.7 Å². The third-order valence-electron chi connectivity index (χ3n) is 6.73. The fraction of sp³-hybridized carbons (Fsp3) is 0.545. The van der Waals surface area contributed by atoms with Crippen molar-refractivity contribution < 1.29 is 9.52 Å². The van der Waals surface area contributed by atoms with Crippen LogP contribution in [-0.2, 0) is 0 Å². The summed E-state index contributed by atoms with van der Waals surface area (Å²) in [6, 6.07) is 5.72. The van der Waals surface area contributed by atoms with Gasteiger partial charge in [0.2, 0.25) is 0 Å². The highest BCUT2D eigenvalue weighted by atomic mass is 32.1. The quantitative estimate of drug-likeness (QED) is 0.664. The molecule has 30 heavy (non-hydrogen) atoms. The number of nitrogens with zero attached hydrogens (tertiary/aromatic N) is 4. The summed E-state index contributed by atoms with van der Waals surface area (Å²) in [5.41, 5.74) is 3.29. The average molecular weight is 426 g/mol. The molecular weight excluding hydrogens is 398 g/mol. The smallest absolute Gasteiger partial charge is 0.298 e. The van der Waals surface area contributed by atoms with Crippen molar-refractivity contribution >= 4 is 28.5 Å². The summed E-state index contributed by atoms with van der Waals surface area (Å²) in [4.78, 5) is 13.9. The monoisotopic (exact) mass is 425 g/mol. The van der Waals surface area contributed by atoms with Gasteiger partial charge in [-0.05, 0) is 31.7 Å². The van der Waals surface area contributed by atoms with Crippen LogP contribution in [0.25, 0.3) is 21.7 Å². The van der Waals surface area contributed by atoms with Gasteiger partial charge < -0.3 is 19.7 Å². The van der Waals surface area contributed by atoms with Crippen LogP contribution in [0, 0.1) is 0 Å². The number of likely N-dealkylation sites (tertiary alicyclic amines) is 1. The van der Waals surface area contributed by atoms with Crippen molar-refractivity contribution in [1.29, 1.82) is 0 Å². The Hall–Kier alpha value is -2.00. The third-order valence-corrected chi connectivity index (χ3v) is 7.53. The molecule has 2 aromatic heterocycles. The number of fused-ring (bicyclic) bond motifs is 3. The minimum Gasteiger partial charge on any atom is -0.423 e.